The highest BCUT2D eigenvalue weighted by molar-refractivity contribution is 5.87. The molecule has 3 N–H and O–H groups in total. The predicted octanol–water partition coefficient (Wildman–Crippen LogP) is 1.04. The molecular weight excluding hydrogens is 254 g/mol. The second-order valence-electron chi connectivity index (χ2n) is 6.11. The molecule has 0 aromatic rings. The van der Waals surface area contributed by atoms with Crippen molar-refractivity contribution in [2.75, 3.05) is 20.1 Å². The lowest BCUT2D eigenvalue weighted by Crippen LogP contribution is -2.46. The number of carbonyl (C=O) groups is 2. The van der Waals surface area contributed by atoms with Gasteiger partial charge in [0.25, 0.3) is 0 Å². The highest BCUT2D eigenvalue weighted by Gasteiger charge is 2.21. The van der Waals surface area contributed by atoms with E-state index in [0.717, 1.165) is 19.5 Å². The summed E-state index contributed by atoms with van der Waals surface area (Å²) < 4.78 is 0. The topological polar surface area (TPSA) is 70.2 Å². The summed E-state index contributed by atoms with van der Waals surface area (Å²) in [4.78, 5) is 23.7. The fourth-order valence-corrected chi connectivity index (χ4v) is 2.65. The van der Waals surface area contributed by atoms with E-state index in [-0.39, 0.29) is 11.8 Å². The van der Waals surface area contributed by atoms with Gasteiger partial charge in [0.2, 0.25) is 11.8 Å². The van der Waals surface area contributed by atoms with E-state index in [1.54, 1.807) is 7.05 Å². The Bertz CT molecular complexity index is 312. The van der Waals surface area contributed by atoms with E-state index in [1.807, 2.05) is 0 Å². The molecule has 1 saturated heterocycles. The smallest absolute Gasteiger partial charge is 0.242 e. The first-order valence-electron chi connectivity index (χ1n) is 7.74. The standard InChI is InChI=1S/C15H29N3O2/c1-11(2)9-13(15(20)16-3)18-14(19)7-6-12-5-4-8-17-10-12/h11-13,17H,4-10H2,1-3H3,(H,16,20)(H,18,19). The van der Waals surface area contributed by atoms with Crippen molar-refractivity contribution in [3.05, 3.63) is 0 Å². The fraction of sp³-hybridized carbons (Fsp3) is 0.867. The van der Waals surface area contributed by atoms with Crippen LogP contribution < -0.4 is 16.0 Å². The quantitative estimate of drug-likeness (QED) is 0.654. The van der Waals surface area contributed by atoms with Crippen LogP contribution in [0.25, 0.3) is 0 Å². The number of hydrogen-bond acceptors (Lipinski definition) is 3. The third-order valence-electron chi connectivity index (χ3n) is 3.78. The van der Waals surface area contributed by atoms with Crippen LogP contribution in [0.2, 0.25) is 0 Å². The minimum Gasteiger partial charge on any atom is -0.357 e. The van der Waals surface area contributed by atoms with Gasteiger partial charge in [-0.05, 0) is 50.6 Å². The summed E-state index contributed by atoms with van der Waals surface area (Å²) in [7, 11) is 1.61. The molecular formula is C15H29N3O2. The van der Waals surface area contributed by atoms with Gasteiger partial charge in [-0.15, -0.1) is 0 Å². The molecule has 2 unspecified atom stereocenters. The van der Waals surface area contributed by atoms with Crippen LogP contribution in [0.1, 0.15) is 46.0 Å². The molecule has 0 bridgehead atoms. The maximum absolute atomic E-state index is 12.0. The summed E-state index contributed by atoms with van der Waals surface area (Å²) in [6.07, 6.45) is 4.49. The molecule has 20 heavy (non-hydrogen) atoms. The van der Waals surface area contributed by atoms with Gasteiger partial charge in [0.05, 0.1) is 0 Å². The Morgan fingerprint density at radius 1 is 1.35 bits per heavy atom. The SMILES string of the molecule is CNC(=O)C(CC(C)C)NC(=O)CCC1CCCNC1. The van der Waals surface area contributed by atoms with Crippen molar-refractivity contribution >= 4 is 11.8 Å². The molecule has 5 heteroatoms. The van der Waals surface area contributed by atoms with Gasteiger partial charge in [-0.3, -0.25) is 9.59 Å². The lowest BCUT2D eigenvalue weighted by atomic mass is 9.94. The second kappa shape index (κ2) is 8.95. The molecule has 1 aliphatic rings. The van der Waals surface area contributed by atoms with Gasteiger partial charge in [-0.25, -0.2) is 0 Å². The summed E-state index contributed by atoms with van der Waals surface area (Å²) in [6.45, 7) is 6.21. The highest BCUT2D eigenvalue weighted by atomic mass is 16.2. The molecule has 0 aliphatic carbocycles. The first kappa shape index (κ1) is 17.0. The van der Waals surface area contributed by atoms with Crippen LogP contribution in [0.3, 0.4) is 0 Å². The minimum absolute atomic E-state index is 0.00942. The zero-order chi connectivity index (χ0) is 15.0. The lowest BCUT2D eigenvalue weighted by Gasteiger charge is -2.23. The Kier molecular flexibility index (Phi) is 7.59. The minimum atomic E-state index is -0.406. The van der Waals surface area contributed by atoms with Gasteiger partial charge < -0.3 is 16.0 Å². The van der Waals surface area contributed by atoms with Crippen LogP contribution in [0.5, 0.6) is 0 Å². The Morgan fingerprint density at radius 2 is 2.10 bits per heavy atom. The van der Waals surface area contributed by atoms with Gasteiger partial charge in [0, 0.05) is 13.5 Å². The molecule has 1 aliphatic heterocycles. The van der Waals surface area contributed by atoms with Crippen molar-refractivity contribution in [3.63, 3.8) is 0 Å². The summed E-state index contributed by atoms with van der Waals surface area (Å²) >= 11 is 0. The molecule has 0 radical (unpaired) electrons. The molecule has 0 spiro atoms. The molecule has 1 heterocycles. The fourth-order valence-electron chi connectivity index (χ4n) is 2.65. The third kappa shape index (κ3) is 6.37. The van der Waals surface area contributed by atoms with E-state index < -0.39 is 6.04 Å². The Morgan fingerprint density at radius 3 is 2.65 bits per heavy atom. The van der Waals surface area contributed by atoms with E-state index in [4.69, 9.17) is 0 Å². The largest absolute Gasteiger partial charge is 0.357 e. The van der Waals surface area contributed by atoms with Crippen molar-refractivity contribution in [3.8, 4) is 0 Å². The second-order valence-corrected chi connectivity index (χ2v) is 6.11. The lowest BCUT2D eigenvalue weighted by molar-refractivity contribution is -0.129. The number of hydrogen-bond donors (Lipinski definition) is 3. The summed E-state index contributed by atoms with van der Waals surface area (Å²) in [5.41, 5.74) is 0. The molecule has 0 aromatic heterocycles. The van der Waals surface area contributed by atoms with E-state index >= 15 is 0 Å². The predicted molar refractivity (Wildman–Crippen MR) is 80.3 cm³/mol. The average molecular weight is 283 g/mol. The first-order valence-corrected chi connectivity index (χ1v) is 7.74. The van der Waals surface area contributed by atoms with E-state index in [9.17, 15) is 9.59 Å². The van der Waals surface area contributed by atoms with Crippen molar-refractivity contribution < 1.29 is 9.59 Å². The van der Waals surface area contributed by atoms with E-state index in [1.165, 1.54) is 12.8 Å². The van der Waals surface area contributed by atoms with Crippen LogP contribution in [-0.4, -0.2) is 38.0 Å². The maximum Gasteiger partial charge on any atom is 0.242 e. The molecule has 116 valence electrons. The molecule has 0 aromatic carbocycles. The molecule has 1 fully saturated rings. The Hall–Kier alpha value is -1.10. The van der Waals surface area contributed by atoms with Crippen molar-refractivity contribution in [2.24, 2.45) is 11.8 Å². The van der Waals surface area contributed by atoms with Crippen LogP contribution in [0, 0.1) is 11.8 Å². The molecule has 2 amide bonds. The van der Waals surface area contributed by atoms with Crippen molar-refractivity contribution in [1.82, 2.24) is 16.0 Å². The van der Waals surface area contributed by atoms with Gasteiger partial charge in [-0.2, -0.15) is 0 Å². The zero-order valence-corrected chi connectivity index (χ0v) is 13.0. The highest BCUT2D eigenvalue weighted by Crippen LogP contribution is 2.16. The molecule has 2 atom stereocenters. The van der Waals surface area contributed by atoms with Gasteiger partial charge >= 0.3 is 0 Å². The molecule has 0 saturated carbocycles. The molecule has 1 rings (SSSR count). The average Bonchev–Trinajstić information content (AvgIpc) is 2.44. The van der Waals surface area contributed by atoms with Gasteiger partial charge in [0.1, 0.15) is 6.04 Å². The van der Waals surface area contributed by atoms with E-state index in [0.29, 0.717) is 24.7 Å². The number of amides is 2. The maximum atomic E-state index is 12.0. The van der Waals surface area contributed by atoms with Crippen LogP contribution in [-0.2, 0) is 9.59 Å². The molecule has 5 nitrogen and oxygen atoms in total. The summed E-state index contributed by atoms with van der Waals surface area (Å²) in [6, 6.07) is -0.406. The summed E-state index contributed by atoms with van der Waals surface area (Å²) in [5.74, 6) is 0.856. The zero-order valence-electron chi connectivity index (χ0n) is 13.0. The number of likely N-dealkylation sites (N-methyl/N-ethyl adjacent to an activating group) is 1. The van der Waals surface area contributed by atoms with Crippen LogP contribution in [0.15, 0.2) is 0 Å². The van der Waals surface area contributed by atoms with Crippen molar-refractivity contribution in [1.29, 1.82) is 0 Å². The number of piperidine rings is 1. The number of carbonyl (C=O) groups excluding carboxylic acids is 2. The number of nitrogens with one attached hydrogen (secondary N) is 3. The normalized spacial score (nSPS) is 20.5. The van der Waals surface area contributed by atoms with E-state index in [2.05, 4.69) is 29.8 Å². The van der Waals surface area contributed by atoms with Gasteiger partial charge in [-0.1, -0.05) is 13.8 Å². The first-order chi connectivity index (χ1) is 9.52. The Labute approximate surface area is 122 Å². The summed E-state index contributed by atoms with van der Waals surface area (Å²) in [5, 5.41) is 8.84. The van der Waals surface area contributed by atoms with Crippen molar-refractivity contribution in [2.45, 2.75) is 52.0 Å². The monoisotopic (exact) mass is 283 g/mol. The van der Waals surface area contributed by atoms with Gasteiger partial charge in [0.15, 0.2) is 0 Å². The van der Waals surface area contributed by atoms with Crippen LogP contribution >= 0.6 is 0 Å². The Balaban J connectivity index is 2.34. The van der Waals surface area contributed by atoms with Crippen LogP contribution in [0.4, 0.5) is 0 Å². The third-order valence-corrected chi connectivity index (χ3v) is 3.78. The number of rotatable bonds is 7.